The number of nitro benzene ring substituents is 1. The topological polar surface area (TPSA) is 78.6 Å². The van der Waals surface area contributed by atoms with E-state index in [4.69, 9.17) is 9.47 Å². The summed E-state index contributed by atoms with van der Waals surface area (Å²) in [5.41, 5.74) is 4.29. The Balaban J connectivity index is 1.59. The molecule has 0 unspecified atom stereocenters. The standard InChI is InChI=1S/C19H15N3O4/c23-22(24)14-5-3-12(4-6-14)19-15-2-1-7-21(15)16-9-18-17(25-11-26-18)8-13(16)10-20-19/h1-9,19-20H,10-11H2/t19-/m0/s1. The highest BCUT2D eigenvalue weighted by Gasteiger charge is 2.26. The van der Waals surface area contributed by atoms with Gasteiger partial charge in [-0.05, 0) is 29.3 Å². The fraction of sp³-hybridized carbons (Fsp3) is 0.158. The van der Waals surface area contributed by atoms with Gasteiger partial charge in [-0.1, -0.05) is 12.1 Å². The molecule has 0 spiro atoms. The van der Waals surface area contributed by atoms with Crippen LogP contribution in [0.1, 0.15) is 22.9 Å². The van der Waals surface area contributed by atoms with Crippen LogP contribution in [0.2, 0.25) is 0 Å². The van der Waals surface area contributed by atoms with E-state index in [1.807, 2.05) is 24.4 Å². The van der Waals surface area contributed by atoms with Gasteiger partial charge >= 0.3 is 0 Å². The Bertz CT molecular complexity index is 1010. The van der Waals surface area contributed by atoms with Crippen LogP contribution in [-0.2, 0) is 6.54 Å². The lowest BCUT2D eigenvalue weighted by molar-refractivity contribution is -0.384. The molecule has 26 heavy (non-hydrogen) atoms. The van der Waals surface area contributed by atoms with Crippen molar-refractivity contribution in [1.82, 2.24) is 9.88 Å². The predicted octanol–water partition coefficient (Wildman–Crippen LogP) is 3.31. The van der Waals surface area contributed by atoms with Gasteiger partial charge in [-0.3, -0.25) is 10.1 Å². The Morgan fingerprint density at radius 2 is 1.88 bits per heavy atom. The Kier molecular flexibility index (Phi) is 3.23. The number of benzene rings is 2. The summed E-state index contributed by atoms with van der Waals surface area (Å²) in [5.74, 6) is 1.50. The lowest BCUT2D eigenvalue weighted by Gasteiger charge is -2.18. The fourth-order valence-electron chi connectivity index (χ4n) is 3.58. The maximum atomic E-state index is 10.9. The van der Waals surface area contributed by atoms with Crippen LogP contribution in [0.25, 0.3) is 5.69 Å². The van der Waals surface area contributed by atoms with Gasteiger partial charge in [0.05, 0.1) is 16.7 Å². The zero-order chi connectivity index (χ0) is 17.7. The molecule has 2 aromatic carbocycles. The maximum Gasteiger partial charge on any atom is 0.269 e. The minimum Gasteiger partial charge on any atom is -0.454 e. The van der Waals surface area contributed by atoms with Gasteiger partial charge in [0.2, 0.25) is 6.79 Å². The number of non-ortho nitro benzene ring substituents is 1. The molecular formula is C19H15N3O4. The third-order valence-electron chi connectivity index (χ3n) is 4.84. The SMILES string of the molecule is O=[N+]([O-])c1ccc([C@@H]2NCc3cc4c(cc3-n3cccc32)OCO4)cc1. The van der Waals surface area contributed by atoms with E-state index >= 15 is 0 Å². The van der Waals surface area contributed by atoms with E-state index in [-0.39, 0.29) is 23.4 Å². The number of ether oxygens (including phenoxy) is 2. The average Bonchev–Trinajstić information content (AvgIpc) is 3.28. The third kappa shape index (κ3) is 2.25. The second-order valence-electron chi connectivity index (χ2n) is 6.30. The van der Waals surface area contributed by atoms with Crippen LogP contribution in [0, 0.1) is 10.1 Å². The quantitative estimate of drug-likeness (QED) is 0.567. The predicted molar refractivity (Wildman–Crippen MR) is 93.7 cm³/mol. The lowest BCUT2D eigenvalue weighted by Crippen LogP contribution is -2.21. The van der Waals surface area contributed by atoms with Crippen LogP contribution >= 0.6 is 0 Å². The monoisotopic (exact) mass is 349 g/mol. The average molecular weight is 349 g/mol. The van der Waals surface area contributed by atoms with Gasteiger partial charge in [-0.25, -0.2) is 0 Å². The Morgan fingerprint density at radius 3 is 2.65 bits per heavy atom. The minimum absolute atomic E-state index is 0.0742. The molecule has 1 atom stereocenters. The summed E-state index contributed by atoms with van der Waals surface area (Å²) in [7, 11) is 0. The summed E-state index contributed by atoms with van der Waals surface area (Å²) in [4.78, 5) is 10.5. The fourth-order valence-corrected chi connectivity index (χ4v) is 3.58. The molecule has 3 aromatic rings. The number of fused-ring (bicyclic) bond motifs is 4. The highest BCUT2D eigenvalue weighted by molar-refractivity contribution is 5.57. The minimum atomic E-state index is -0.385. The van der Waals surface area contributed by atoms with E-state index in [2.05, 4.69) is 16.0 Å². The van der Waals surface area contributed by atoms with Crippen molar-refractivity contribution in [2.24, 2.45) is 0 Å². The molecule has 1 aromatic heterocycles. The molecule has 7 nitrogen and oxygen atoms in total. The first kappa shape index (κ1) is 15.0. The number of nitrogens with one attached hydrogen (secondary N) is 1. The van der Waals surface area contributed by atoms with Crippen LogP contribution in [-0.4, -0.2) is 16.3 Å². The van der Waals surface area contributed by atoms with Crippen molar-refractivity contribution >= 4 is 5.69 Å². The van der Waals surface area contributed by atoms with E-state index < -0.39 is 0 Å². The maximum absolute atomic E-state index is 10.9. The van der Waals surface area contributed by atoms with Crippen molar-refractivity contribution in [2.45, 2.75) is 12.6 Å². The number of rotatable bonds is 2. The van der Waals surface area contributed by atoms with E-state index in [1.54, 1.807) is 24.3 Å². The molecular weight excluding hydrogens is 334 g/mol. The zero-order valence-electron chi connectivity index (χ0n) is 13.7. The van der Waals surface area contributed by atoms with Crippen LogP contribution in [0.5, 0.6) is 11.5 Å². The van der Waals surface area contributed by atoms with Crippen LogP contribution < -0.4 is 14.8 Å². The van der Waals surface area contributed by atoms with Crippen LogP contribution in [0.3, 0.4) is 0 Å². The van der Waals surface area contributed by atoms with Crippen molar-refractivity contribution in [2.75, 3.05) is 6.79 Å². The van der Waals surface area contributed by atoms with Gasteiger partial charge in [0.25, 0.3) is 5.69 Å². The number of hydrogen-bond acceptors (Lipinski definition) is 5. The molecule has 0 saturated heterocycles. The first-order chi connectivity index (χ1) is 12.7. The van der Waals surface area contributed by atoms with Crippen molar-refractivity contribution in [3.05, 3.63) is 81.7 Å². The molecule has 0 amide bonds. The summed E-state index contributed by atoms with van der Waals surface area (Å²) in [6.07, 6.45) is 2.02. The normalized spacial score (nSPS) is 17.3. The third-order valence-corrected chi connectivity index (χ3v) is 4.84. The van der Waals surface area contributed by atoms with Gasteiger partial charge in [-0.2, -0.15) is 0 Å². The summed E-state index contributed by atoms with van der Waals surface area (Å²) in [5, 5.41) is 14.5. The van der Waals surface area contributed by atoms with Gasteiger partial charge < -0.3 is 19.4 Å². The van der Waals surface area contributed by atoms with Crippen molar-refractivity contribution in [3.63, 3.8) is 0 Å². The van der Waals surface area contributed by atoms with Crippen LogP contribution in [0.15, 0.2) is 54.7 Å². The molecule has 0 aliphatic carbocycles. The number of nitro groups is 1. The van der Waals surface area contributed by atoms with Crippen molar-refractivity contribution in [1.29, 1.82) is 0 Å². The molecule has 2 aliphatic rings. The molecule has 3 heterocycles. The smallest absolute Gasteiger partial charge is 0.269 e. The van der Waals surface area contributed by atoms with Gasteiger partial charge in [0.1, 0.15) is 0 Å². The second kappa shape index (κ2) is 5.60. The molecule has 7 heteroatoms. The van der Waals surface area contributed by atoms with Crippen molar-refractivity contribution in [3.8, 4) is 17.2 Å². The molecule has 0 saturated carbocycles. The van der Waals surface area contributed by atoms with E-state index in [1.165, 1.54) is 0 Å². The summed E-state index contributed by atoms with van der Waals surface area (Å²) in [6.45, 7) is 0.894. The lowest BCUT2D eigenvalue weighted by atomic mass is 10.0. The number of hydrogen-bond donors (Lipinski definition) is 1. The molecule has 0 radical (unpaired) electrons. The summed E-state index contributed by atoms with van der Waals surface area (Å²) < 4.78 is 13.2. The van der Waals surface area contributed by atoms with E-state index in [9.17, 15) is 10.1 Å². The van der Waals surface area contributed by atoms with Gasteiger partial charge in [-0.15, -0.1) is 0 Å². The van der Waals surface area contributed by atoms with E-state index in [0.29, 0.717) is 6.54 Å². The largest absolute Gasteiger partial charge is 0.454 e. The first-order valence-electron chi connectivity index (χ1n) is 8.28. The Labute approximate surface area is 148 Å². The summed E-state index contributed by atoms with van der Waals surface area (Å²) in [6, 6.07) is 14.7. The van der Waals surface area contributed by atoms with Gasteiger partial charge in [0, 0.05) is 36.6 Å². The first-order valence-corrected chi connectivity index (χ1v) is 8.28. The molecule has 0 bridgehead atoms. The van der Waals surface area contributed by atoms with Crippen molar-refractivity contribution < 1.29 is 14.4 Å². The van der Waals surface area contributed by atoms with Crippen LogP contribution in [0.4, 0.5) is 5.69 Å². The molecule has 5 rings (SSSR count). The molecule has 0 fully saturated rings. The Hall–Kier alpha value is -3.32. The highest BCUT2D eigenvalue weighted by atomic mass is 16.7. The number of aromatic nitrogens is 1. The zero-order valence-corrected chi connectivity index (χ0v) is 13.7. The van der Waals surface area contributed by atoms with Gasteiger partial charge in [0.15, 0.2) is 11.5 Å². The highest BCUT2D eigenvalue weighted by Crippen LogP contribution is 2.39. The Morgan fingerprint density at radius 1 is 1.12 bits per heavy atom. The second-order valence-corrected chi connectivity index (χ2v) is 6.30. The molecule has 2 aliphatic heterocycles. The van der Waals surface area contributed by atoms with E-state index in [0.717, 1.165) is 34.0 Å². The summed E-state index contributed by atoms with van der Waals surface area (Å²) >= 11 is 0. The number of nitrogens with zero attached hydrogens (tertiary/aromatic N) is 2. The molecule has 130 valence electrons. The molecule has 1 N–H and O–H groups in total.